The fraction of sp³-hybridized carbons (Fsp3) is 0.222. The van der Waals surface area contributed by atoms with Gasteiger partial charge in [0, 0.05) is 41.5 Å². The van der Waals surface area contributed by atoms with Gasteiger partial charge in [-0.1, -0.05) is 0 Å². The van der Waals surface area contributed by atoms with Gasteiger partial charge in [-0.3, -0.25) is 18.8 Å². The second-order valence-electron chi connectivity index (χ2n) is 6.19. The summed E-state index contributed by atoms with van der Waals surface area (Å²) in [5, 5.41) is 4.55. The summed E-state index contributed by atoms with van der Waals surface area (Å²) in [5.41, 5.74) is 1.19. The number of hydrogen-bond acceptors (Lipinski definition) is 5. The van der Waals surface area contributed by atoms with Crippen LogP contribution in [0.5, 0.6) is 0 Å². The van der Waals surface area contributed by atoms with Crippen molar-refractivity contribution in [1.29, 1.82) is 0 Å². The zero-order valence-corrected chi connectivity index (χ0v) is 14.8. The van der Waals surface area contributed by atoms with Crippen LogP contribution in [-0.4, -0.2) is 27.2 Å². The van der Waals surface area contributed by atoms with E-state index < -0.39 is 11.5 Å². The molecule has 0 bridgehead atoms. The van der Waals surface area contributed by atoms with Crippen molar-refractivity contribution >= 4 is 39.5 Å². The van der Waals surface area contributed by atoms with Gasteiger partial charge in [0.15, 0.2) is 4.96 Å². The highest BCUT2D eigenvalue weighted by Gasteiger charge is 2.28. The topological polar surface area (TPSA) is 83.8 Å². The van der Waals surface area contributed by atoms with Crippen LogP contribution >= 0.6 is 11.3 Å². The minimum Gasteiger partial charge on any atom is -0.321 e. The lowest BCUT2D eigenvalue weighted by Gasteiger charge is -2.22. The predicted molar refractivity (Wildman–Crippen MR) is 99.9 cm³/mol. The molecule has 1 N–H and O–H groups in total. The summed E-state index contributed by atoms with van der Waals surface area (Å²) in [6, 6.07) is 8.52. The Kier molecular flexibility index (Phi) is 4.04. The normalized spacial score (nSPS) is 17.0. The molecule has 0 saturated carbocycles. The SMILES string of the molecule is CC1CCC(=O)N1c1ccc(NC(=O)c2cc(=O)nc3sccn23)cc1. The zero-order chi connectivity index (χ0) is 18.3. The second kappa shape index (κ2) is 6.38. The van der Waals surface area contributed by atoms with E-state index in [2.05, 4.69) is 10.3 Å². The Morgan fingerprint density at radius 1 is 1.27 bits per heavy atom. The molecule has 1 aliphatic heterocycles. The van der Waals surface area contributed by atoms with E-state index in [1.807, 2.05) is 19.1 Å². The number of aromatic nitrogens is 2. The third-order valence-corrected chi connectivity index (χ3v) is 5.19. The summed E-state index contributed by atoms with van der Waals surface area (Å²) in [4.78, 5) is 42.3. The van der Waals surface area contributed by atoms with Gasteiger partial charge in [-0.25, -0.2) is 0 Å². The number of carbonyl (C=O) groups is 2. The van der Waals surface area contributed by atoms with Gasteiger partial charge < -0.3 is 10.2 Å². The van der Waals surface area contributed by atoms with E-state index in [-0.39, 0.29) is 17.6 Å². The molecule has 1 saturated heterocycles. The molecule has 132 valence electrons. The molecule has 4 rings (SSSR count). The van der Waals surface area contributed by atoms with E-state index in [9.17, 15) is 14.4 Å². The molecule has 1 aromatic carbocycles. The average Bonchev–Trinajstić information content (AvgIpc) is 3.21. The molecule has 0 aliphatic carbocycles. The Bertz CT molecular complexity index is 1050. The molecule has 3 heterocycles. The van der Waals surface area contributed by atoms with Gasteiger partial charge >= 0.3 is 0 Å². The summed E-state index contributed by atoms with van der Waals surface area (Å²) in [6.07, 6.45) is 3.11. The van der Waals surface area contributed by atoms with E-state index >= 15 is 0 Å². The fourth-order valence-corrected chi connectivity index (χ4v) is 3.87. The summed E-state index contributed by atoms with van der Waals surface area (Å²) in [7, 11) is 0. The summed E-state index contributed by atoms with van der Waals surface area (Å²) < 4.78 is 1.58. The van der Waals surface area contributed by atoms with Crippen molar-refractivity contribution in [2.45, 2.75) is 25.8 Å². The van der Waals surface area contributed by atoms with Gasteiger partial charge in [0.2, 0.25) is 5.91 Å². The number of rotatable bonds is 3. The smallest absolute Gasteiger partial charge is 0.274 e. The van der Waals surface area contributed by atoms with E-state index in [0.29, 0.717) is 17.1 Å². The Labute approximate surface area is 152 Å². The summed E-state index contributed by atoms with van der Waals surface area (Å²) >= 11 is 1.29. The second-order valence-corrected chi connectivity index (χ2v) is 7.06. The van der Waals surface area contributed by atoms with Gasteiger partial charge in [0.25, 0.3) is 11.5 Å². The first-order valence-electron chi connectivity index (χ1n) is 8.23. The van der Waals surface area contributed by atoms with Crippen molar-refractivity contribution in [3.8, 4) is 0 Å². The highest BCUT2D eigenvalue weighted by molar-refractivity contribution is 7.15. The van der Waals surface area contributed by atoms with E-state index in [1.165, 1.54) is 17.4 Å². The number of benzene rings is 1. The molecule has 1 fully saturated rings. The number of nitrogens with one attached hydrogen (secondary N) is 1. The van der Waals surface area contributed by atoms with Crippen molar-refractivity contribution < 1.29 is 9.59 Å². The fourth-order valence-electron chi connectivity index (χ4n) is 3.15. The van der Waals surface area contributed by atoms with E-state index in [4.69, 9.17) is 0 Å². The maximum atomic E-state index is 12.6. The van der Waals surface area contributed by atoms with Crippen LogP contribution in [0.15, 0.2) is 46.7 Å². The van der Waals surface area contributed by atoms with Crippen molar-refractivity contribution in [2.24, 2.45) is 0 Å². The highest BCUT2D eigenvalue weighted by Crippen LogP contribution is 2.27. The van der Waals surface area contributed by atoms with Crippen LogP contribution in [0.25, 0.3) is 4.96 Å². The lowest BCUT2D eigenvalue weighted by molar-refractivity contribution is -0.117. The van der Waals surface area contributed by atoms with Crippen LogP contribution in [0, 0.1) is 0 Å². The van der Waals surface area contributed by atoms with Gasteiger partial charge in [-0.2, -0.15) is 4.98 Å². The average molecular weight is 368 g/mol. The van der Waals surface area contributed by atoms with Crippen molar-refractivity contribution in [3.05, 3.63) is 58.0 Å². The Morgan fingerprint density at radius 3 is 2.73 bits per heavy atom. The summed E-state index contributed by atoms with van der Waals surface area (Å²) in [5.74, 6) is -0.276. The third-order valence-electron chi connectivity index (χ3n) is 4.44. The van der Waals surface area contributed by atoms with Gasteiger partial charge in [-0.15, -0.1) is 11.3 Å². The third kappa shape index (κ3) is 2.88. The Morgan fingerprint density at radius 2 is 2.04 bits per heavy atom. The first-order valence-corrected chi connectivity index (χ1v) is 9.11. The van der Waals surface area contributed by atoms with Gasteiger partial charge in [0.1, 0.15) is 5.69 Å². The van der Waals surface area contributed by atoms with E-state index in [0.717, 1.165) is 12.1 Å². The van der Waals surface area contributed by atoms with Crippen LogP contribution in [0.2, 0.25) is 0 Å². The number of carbonyl (C=O) groups excluding carboxylic acids is 2. The molecule has 0 radical (unpaired) electrons. The maximum Gasteiger partial charge on any atom is 0.274 e. The Hall–Kier alpha value is -3.00. The minimum atomic E-state index is -0.450. The number of anilines is 2. The molecule has 1 atom stereocenters. The first-order chi connectivity index (χ1) is 12.5. The van der Waals surface area contributed by atoms with Crippen molar-refractivity contribution in [3.63, 3.8) is 0 Å². The number of thiazole rings is 1. The number of hydrogen-bond donors (Lipinski definition) is 1. The highest BCUT2D eigenvalue weighted by atomic mass is 32.1. The summed E-state index contributed by atoms with van der Waals surface area (Å²) in [6.45, 7) is 2.02. The largest absolute Gasteiger partial charge is 0.321 e. The van der Waals surface area contributed by atoms with Gasteiger partial charge in [0.05, 0.1) is 0 Å². The molecule has 1 aliphatic rings. The minimum absolute atomic E-state index is 0.116. The number of amides is 2. The monoisotopic (exact) mass is 368 g/mol. The number of nitrogens with zero attached hydrogens (tertiary/aromatic N) is 3. The Balaban J connectivity index is 1.57. The molecular weight excluding hydrogens is 352 g/mol. The van der Waals surface area contributed by atoms with Crippen LogP contribution in [0.3, 0.4) is 0 Å². The van der Waals surface area contributed by atoms with Crippen molar-refractivity contribution in [2.75, 3.05) is 10.2 Å². The molecular formula is C18H16N4O3S. The molecule has 8 heteroatoms. The quantitative estimate of drug-likeness (QED) is 0.770. The van der Waals surface area contributed by atoms with Crippen LogP contribution in [-0.2, 0) is 4.79 Å². The van der Waals surface area contributed by atoms with Crippen molar-refractivity contribution in [1.82, 2.24) is 9.38 Å². The van der Waals surface area contributed by atoms with E-state index in [1.54, 1.807) is 33.0 Å². The standard InChI is InChI=1S/C18H16N4O3S/c1-11-2-7-16(24)22(11)13-5-3-12(4-6-13)19-17(25)14-10-15(23)20-18-21(14)8-9-26-18/h3-6,8-11H,2,7H2,1H3,(H,19,25). The molecule has 1 unspecified atom stereocenters. The van der Waals surface area contributed by atoms with Crippen LogP contribution in [0.1, 0.15) is 30.3 Å². The molecule has 7 nitrogen and oxygen atoms in total. The zero-order valence-electron chi connectivity index (χ0n) is 14.0. The molecule has 0 spiro atoms. The maximum absolute atomic E-state index is 12.6. The van der Waals surface area contributed by atoms with Crippen LogP contribution in [0.4, 0.5) is 11.4 Å². The van der Waals surface area contributed by atoms with Gasteiger partial charge in [-0.05, 0) is 37.6 Å². The predicted octanol–water partition coefficient (Wildman–Crippen LogP) is 2.52. The first kappa shape index (κ1) is 16.5. The molecule has 26 heavy (non-hydrogen) atoms. The lowest BCUT2D eigenvalue weighted by Crippen LogP contribution is -2.30. The molecule has 2 amide bonds. The molecule has 2 aromatic heterocycles. The molecule has 3 aromatic rings. The number of fused-ring (bicyclic) bond motifs is 1. The van der Waals surface area contributed by atoms with Crippen LogP contribution < -0.4 is 15.8 Å². The lowest BCUT2D eigenvalue weighted by atomic mass is 10.2.